The Bertz CT molecular complexity index is 405. The number of rotatable bonds is 2. The third kappa shape index (κ3) is 1.76. The van der Waals surface area contributed by atoms with E-state index in [2.05, 4.69) is 0 Å². The van der Waals surface area contributed by atoms with Crippen LogP contribution in [0.15, 0.2) is 24.3 Å². The molecule has 0 saturated heterocycles. The fourth-order valence-corrected chi connectivity index (χ4v) is 2.92. The molecule has 1 saturated carbocycles. The third-order valence-corrected chi connectivity index (χ3v) is 3.90. The molecule has 0 spiro atoms. The van der Waals surface area contributed by atoms with Crippen molar-refractivity contribution in [3.05, 3.63) is 34.9 Å². The molecule has 3 heteroatoms. The molecule has 86 valence electrons. The molecule has 2 nitrogen and oxygen atoms in total. The van der Waals surface area contributed by atoms with Gasteiger partial charge in [0.2, 0.25) is 0 Å². The number of Topliss-reactive ketones (excluding diaryl/α,β-unsaturated/α-hetero) is 1. The summed E-state index contributed by atoms with van der Waals surface area (Å²) in [6.07, 6.45) is 3.68. The second-order valence-electron chi connectivity index (χ2n) is 4.37. The van der Waals surface area contributed by atoms with E-state index in [1.54, 1.807) is 0 Å². The Morgan fingerprint density at radius 2 is 2.06 bits per heavy atom. The zero-order valence-electron chi connectivity index (χ0n) is 9.50. The number of carbonyl (C=O) groups excluding carboxylic acids is 1. The lowest BCUT2D eigenvalue weighted by Gasteiger charge is -2.33. The Hall–Kier alpha value is -0.860. The molecule has 0 aromatic heterocycles. The predicted octanol–water partition coefficient (Wildman–Crippen LogP) is 1.87. The molecule has 0 bridgehead atoms. The van der Waals surface area contributed by atoms with Crippen LogP contribution in [0.4, 0.5) is 0 Å². The first-order chi connectivity index (χ1) is 7.70. The average Bonchev–Trinajstić information content (AvgIpc) is 2.31. The van der Waals surface area contributed by atoms with Crippen LogP contribution in [0.2, 0.25) is 5.02 Å². The van der Waals surface area contributed by atoms with E-state index < -0.39 is 5.54 Å². The van der Waals surface area contributed by atoms with Gasteiger partial charge in [0.25, 0.3) is 0 Å². The van der Waals surface area contributed by atoms with E-state index in [4.69, 9.17) is 11.6 Å². The van der Waals surface area contributed by atoms with Gasteiger partial charge in [-0.25, -0.2) is 0 Å². The molecule has 1 fully saturated rings. The molecule has 0 unspecified atom stereocenters. The van der Waals surface area contributed by atoms with Gasteiger partial charge in [0.1, 0.15) is 0 Å². The normalized spacial score (nSPS) is 25.8. The summed E-state index contributed by atoms with van der Waals surface area (Å²) in [7, 11) is 1.96. The number of nitrogens with two attached hydrogens (primary N) is 1. The van der Waals surface area contributed by atoms with Crippen molar-refractivity contribution in [1.82, 2.24) is 0 Å². The average molecular weight is 239 g/mol. The number of benzene rings is 1. The second kappa shape index (κ2) is 4.56. The SMILES string of the molecule is C[NH2+][C@@]1(c2ccccc2Cl)CCCCC1=O. The van der Waals surface area contributed by atoms with Crippen molar-refractivity contribution in [3.8, 4) is 0 Å². The molecule has 0 amide bonds. The molecule has 1 atom stereocenters. The van der Waals surface area contributed by atoms with Crippen LogP contribution in [0.25, 0.3) is 0 Å². The smallest absolute Gasteiger partial charge is 0.197 e. The van der Waals surface area contributed by atoms with E-state index in [9.17, 15) is 4.79 Å². The minimum absolute atomic E-state index is 0.314. The van der Waals surface area contributed by atoms with Crippen LogP contribution in [0.5, 0.6) is 0 Å². The fourth-order valence-electron chi connectivity index (χ4n) is 2.62. The molecule has 0 aliphatic heterocycles. The van der Waals surface area contributed by atoms with Crippen molar-refractivity contribution in [3.63, 3.8) is 0 Å². The summed E-state index contributed by atoms with van der Waals surface area (Å²) in [5.74, 6) is 0.314. The minimum Gasteiger partial charge on any atom is -0.334 e. The highest BCUT2D eigenvalue weighted by atomic mass is 35.5. The fraction of sp³-hybridized carbons (Fsp3) is 0.462. The molecular weight excluding hydrogens is 222 g/mol. The number of quaternary nitrogens is 1. The van der Waals surface area contributed by atoms with Crippen LogP contribution in [0.3, 0.4) is 0 Å². The van der Waals surface area contributed by atoms with Gasteiger partial charge in [0.15, 0.2) is 11.3 Å². The number of carbonyl (C=O) groups is 1. The third-order valence-electron chi connectivity index (χ3n) is 3.57. The summed E-state index contributed by atoms with van der Waals surface area (Å²) in [6, 6.07) is 7.70. The lowest BCUT2D eigenvalue weighted by atomic mass is 9.75. The maximum absolute atomic E-state index is 12.2. The molecule has 1 aromatic carbocycles. The first-order valence-corrected chi connectivity index (χ1v) is 6.17. The van der Waals surface area contributed by atoms with Gasteiger partial charge >= 0.3 is 0 Å². The summed E-state index contributed by atoms with van der Waals surface area (Å²) in [6.45, 7) is 0. The molecule has 1 aliphatic rings. The van der Waals surface area contributed by atoms with E-state index in [0.717, 1.165) is 24.8 Å². The summed E-state index contributed by atoms with van der Waals surface area (Å²) < 4.78 is 0. The lowest BCUT2D eigenvalue weighted by Crippen LogP contribution is -2.94. The number of ketones is 1. The van der Waals surface area contributed by atoms with E-state index in [0.29, 0.717) is 17.2 Å². The van der Waals surface area contributed by atoms with Gasteiger partial charge < -0.3 is 5.32 Å². The molecule has 2 rings (SSSR count). The van der Waals surface area contributed by atoms with E-state index in [1.165, 1.54) is 0 Å². The number of hydrogen-bond acceptors (Lipinski definition) is 1. The highest BCUT2D eigenvalue weighted by Gasteiger charge is 2.45. The zero-order chi connectivity index (χ0) is 11.6. The quantitative estimate of drug-likeness (QED) is 0.839. The minimum atomic E-state index is -0.434. The molecule has 0 radical (unpaired) electrons. The Morgan fingerprint density at radius 3 is 2.69 bits per heavy atom. The van der Waals surface area contributed by atoms with Gasteiger partial charge in [-0.15, -0.1) is 0 Å². The molecular formula is C13H17ClNO+. The maximum Gasteiger partial charge on any atom is 0.197 e. The summed E-state index contributed by atoms with van der Waals surface area (Å²) >= 11 is 6.22. The Morgan fingerprint density at radius 1 is 1.31 bits per heavy atom. The maximum atomic E-state index is 12.2. The number of halogens is 1. The molecule has 1 aromatic rings. The van der Waals surface area contributed by atoms with E-state index in [-0.39, 0.29) is 0 Å². The molecule has 16 heavy (non-hydrogen) atoms. The van der Waals surface area contributed by atoms with Gasteiger partial charge in [-0.2, -0.15) is 0 Å². The van der Waals surface area contributed by atoms with Crippen LogP contribution < -0.4 is 5.32 Å². The van der Waals surface area contributed by atoms with Crippen LogP contribution in [0, 0.1) is 0 Å². The van der Waals surface area contributed by atoms with Gasteiger partial charge in [-0.1, -0.05) is 29.8 Å². The monoisotopic (exact) mass is 238 g/mol. The van der Waals surface area contributed by atoms with Gasteiger partial charge in [0, 0.05) is 18.4 Å². The standard InChI is InChI=1S/C13H16ClNO/c1-15-13(9-5-4-8-12(13)16)10-6-2-3-7-11(10)14/h2-3,6-7,15H,4-5,8-9H2,1H3/p+1/t13-/m1/s1. The summed E-state index contributed by atoms with van der Waals surface area (Å²) in [5, 5.41) is 2.73. The van der Waals surface area contributed by atoms with Crippen LogP contribution in [0.1, 0.15) is 31.2 Å². The van der Waals surface area contributed by atoms with Crippen molar-refractivity contribution in [1.29, 1.82) is 0 Å². The van der Waals surface area contributed by atoms with Crippen LogP contribution in [-0.2, 0) is 10.3 Å². The van der Waals surface area contributed by atoms with E-state index >= 15 is 0 Å². The van der Waals surface area contributed by atoms with Crippen LogP contribution in [-0.4, -0.2) is 12.8 Å². The molecule has 1 aliphatic carbocycles. The number of likely N-dealkylation sites (N-methyl/N-ethyl adjacent to an activating group) is 1. The first kappa shape index (κ1) is 11.6. The van der Waals surface area contributed by atoms with Gasteiger partial charge in [0.05, 0.1) is 12.1 Å². The van der Waals surface area contributed by atoms with Crippen molar-refractivity contribution < 1.29 is 10.1 Å². The Labute approximate surface area is 101 Å². The molecule has 0 heterocycles. The van der Waals surface area contributed by atoms with Crippen LogP contribution >= 0.6 is 11.6 Å². The van der Waals surface area contributed by atoms with Crippen molar-refractivity contribution >= 4 is 17.4 Å². The first-order valence-electron chi connectivity index (χ1n) is 5.79. The topological polar surface area (TPSA) is 33.7 Å². The summed E-state index contributed by atoms with van der Waals surface area (Å²) in [5.41, 5.74) is 0.542. The van der Waals surface area contributed by atoms with Gasteiger partial charge in [-0.05, 0) is 18.9 Å². The second-order valence-corrected chi connectivity index (χ2v) is 4.78. The molecule has 2 N–H and O–H groups in total. The highest BCUT2D eigenvalue weighted by molar-refractivity contribution is 6.31. The number of hydrogen-bond donors (Lipinski definition) is 1. The predicted molar refractivity (Wildman–Crippen MR) is 64.5 cm³/mol. The Balaban J connectivity index is 2.48. The van der Waals surface area contributed by atoms with Crippen molar-refractivity contribution in [2.75, 3.05) is 7.05 Å². The van der Waals surface area contributed by atoms with Gasteiger partial charge in [-0.3, -0.25) is 4.79 Å². The lowest BCUT2D eigenvalue weighted by molar-refractivity contribution is -0.698. The highest BCUT2D eigenvalue weighted by Crippen LogP contribution is 2.34. The van der Waals surface area contributed by atoms with E-state index in [1.807, 2.05) is 36.6 Å². The summed E-state index contributed by atoms with van der Waals surface area (Å²) in [4.78, 5) is 12.2. The Kier molecular flexibility index (Phi) is 3.31. The van der Waals surface area contributed by atoms with Crippen molar-refractivity contribution in [2.45, 2.75) is 31.2 Å². The zero-order valence-corrected chi connectivity index (χ0v) is 10.3. The van der Waals surface area contributed by atoms with Crippen molar-refractivity contribution in [2.24, 2.45) is 0 Å². The largest absolute Gasteiger partial charge is 0.334 e.